The molecule has 5 nitrogen and oxygen atoms in total. The molecule has 0 saturated heterocycles. The fraction of sp³-hybridized carbons (Fsp3) is 0.182. The summed E-state index contributed by atoms with van der Waals surface area (Å²) in [6.45, 7) is 5.34. The lowest BCUT2D eigenvalue weighted by atomic mass is 10.1. The third-order valence-corrected chi connectivity index (χ3v) is 4.23. The highest BCUT2D eigenvalue weighted by molar-refractivity contribution is 5.97. The molecular weight excluding hydrogens is 361 g/mol. The third kappa shape index (κ3) is 4.46. The van der Waals surface area contributed by atoms with Crippen LogP contribution in [0, 0.1) is 19.7 Å². The van der Waals surface area contributed by atoms with E-state index in [1.54, 1.807) is 24.3 Å². The molecule has 0 bridgehead atoms. The summed E-state index contributed by atoms with van der Waals surface area (Å²) >= 11 is 0. The van der Waals surface area contributed by atoms with Gasteiger partial charge in [0.15, 0.2) is 6.10 Å². The lowest BCUT2D eigenvalue weighted by Crippen LogP contribution is -2.30. The van der Waals surface area contributed by atoms with Crippen LogP contribution in [0.3, 0.4) is 0 Å². The average molecular weight is 381 g/mol. The molecule has 1 amide bonds. The Morgan fingerprint density at radius 3 is 2.43 bits per heavy atom. The molecule has 144 valence electrons. The first kappa shape index (κ1) is 19.4. The number of hydrogen-bond acceptors (Lipinski definition) is 4. The second kappa shape index (κ2) is 8.08. The van der Waals surface area contributed by atoms with Crippen LogP contribution in [0.25, 0.3) is 11.3 Å². The zero-order valence-electron chi connectivity index (χ0n) is 15.8. The summed E-state index contributed by atoms with van der Waals surface area (Å²) in [6, 6.07) is 14.4. The predicted octanol–water partition coefficient (Wildman–Crippen LogP) is 4.89. The van der Waals surface area contributed by atoms with Crippen LogP contribution in [0.1, 0.15) is 28.6 Å². The van der Waals surface area contributed by atoms with Crippen molar-refractivity contribution in [1.29, 1.82) is 0 Å². The molecule has 1 N–H and O–H groups in total. The molecule has 0 aliphatic heterocycles. The molecular formula is C22H20FNO4. The molecule has 1 aromatic heterocycles. The maximum absolute atomic E-state index is 13.0. The van der Waals surface area contributed by atoms with Crippen molar-refractivity contribution in [3.8, 4) is 11.3 Å². The van der Waals surface area contributed by atoms with Crippen molar-refractivity contribution in [2.45, 2.75) is 26.9 Å². The van der Waals surface area contributed by atoms with E-state index in [9.17, 15) is 14.0 Å². The van der Waals surface area contributed by atoms with E-state index in [0.29, 0.717) is 17.0 Å². The molecule has 28 heavy (non-hydrogen) atoms. The van der Waals surface area contributed by atoms with Crippen molar-refractivity contribution < 1.29 is 23.1 Å². The number of esters is 1. The Labute approximate surface area is 162 Å². The molecule has 0 unspecified atom stereocenters. The molecule has 0 spiro atoms. The molecule has 0 aliphatic carbocycles. The van der Waals surface area contributed by atoms with Gasteiger partial charge in [0, 0.05) is 11.3 Å². The van der Waals surface area contributed by atoms with Crippen LogP contribution in [0.5, 0.6) is 0 Å². The van der Waals surface area contributed by atoms with Crippen molar-refractivity contribution >= 4 is 17.6 Å². The van der Waals surface area contributed by atoms with Crippen LogP contribution in [0.15, 0.2) is 59.0 Å². The summed E-state index contributed by atoms with van der Waals surface area (Å²) in [7, 11) is 0. The summed E-state index contributed by atoms with van der Waals surface area (Å²) in [5, 5.41) is 2.75. The van der Waals surface area contributed by atoms with Gasteiger partial charge in [0.1, 0.15) is 11.6 Å². The summed E-state index contributed by atoms with van der Waals surface area (Å²) in [4.78, 5) is 24.6. The topological polar surface area (TPSA) is 68.5 Å². The maximum Gasteiger partial charge on any atom is 0.375 e. The summed E-state index contributed by atoms with van der Waals surface area (Å²) in [6.07, 6.45) is -1.01. The van der Waals surface area contributed by atoms with Gasteiger partial charge in [-0.2, -0.15) is 0 Å². The van der Waals surface area contributed by atoms with Gasteiger partial charge in [-0.3, -0.25) is 4.79 Å². The zero-order chi connectivity index (χ0) is 20.3. The molecule has 0 aliphatic rings. The minimum atomic E-state index is -1.01. The van der Waals surface area contributed by atoms with Gasteiger partial charge in [-0.05, 0) is 68.8 Å². The summed E-state index contributed by atoms with van der Waals surface area (Å²) < 4.78 is 23.7. The van der Waals surface area contributed by atoms with Crippen LogP contribution in [-0.4, -0.2) is 18.0 Å². The molecule has 3 aromatic rings. The SMILES string of the molecule is Cc1ccc(NC(=O)[C@@H](C)OC(=O)c2ccc(-c3ccc(F)cc3)o2)c(C)c1. The normalized spacial score (nSPS) is 11.7. The van der Waals surface area contributed by atoms with E-state index in [2.05, 4.69) is 5.32 Å². The first-order chi connectivity index (χ1) is 13.3. The molecule has 2 aromatic carbocycles. The quantitative estimate of drug-likeness (QED) is 0.639. The van der Waals surface area contributed by atoms with E-state index in [0.717, 1.165) is 11.1 Å². The van der Waals surface area contributed by atoms with Gasteiger partial charge in [-0.25, -0.2) is 9.18 Å². The van der Waals surface area contributed by atoms with Gasteiger partial charge in [0.2, 0.25) is 5.76 Å². The minimum Gasteiger partial charge on any atom is -0.449 e. The number of aryl methyl sites for hydroxylation is 2. The molecule has 0 saturated carbocycles. The minimum absolute atomic E-state index is 0.0366. The number of halogens is 1. The first-order valence-corrected chi connectivity index (χ1v) is 8.78. The fourth-order valence-corrected chi connectivity index (χ4v) is 2.68. The number of hydrogen-bond donors (Lipinski definition) is 1. The Morgan fingerprint density at radius 2 is 1.75 bits per heavy atom. The number of rotatable bonds is 5. The molecule has 3 rings (SSSR count). The number of anilines is 1. The molecule has 1 heterocycles. The van der Waals surface area contributed by atoms with Gasteiger partial charge >= 0.3 is 5.97 Å². The van der Waals surface area contributed by atoms with Crippen LogP contribution >= 0.6 is 0 Å². The zero-order valence-corrected chi connectivity index (χ0v) is 15.8. The Bertz CT molecular complexity index is 1010. The lowest BCUT2D eigenvalue weighted by Gasteiger charge is -2.14. The van der Waals surface area contributed by atoms with Gasteiger partial charge in [0.05, 0.1) is 0 Å². The van der Waals surface area contributed by atoms with Crippen molar-refractivity contribution in [2.75, 3.05) is 5.32 Å². The highest BCUT2D eigenvalue weighted by atomic mass is 19.1. The Balaban J connectivity index is 1.63. The van der Waals surface area contributed by atoms with Gasteiger partial charge < -0.3 is 14.5 Å². The number of nitrogens with one attached hydrogen (secondary N) is 1. The van der Waals surface area contributed by atoms with Gasteiger partial charge in [0.25, 0.3) is 5.91 Å². The summed E-state index contributed by atoms with van der Waals surface area (Å²) in [5.74, 6) is -1.19. The van der Waals surface area contributed by atoms with Crippen molar-refractivity contribution in [2.24, 2.45) is 0 Å². The van der Waals surface area contributed by atoms with E-state index in [-0.39, 0.29) is 11.6 Å². The van der Waals surface area contributed by atoms with Crippen LogP contribution < -0.4 is 5.32 Å². The number of furan rings is 1. The molecule has 0 radical (unpaired) electrons. The second-order valence-corrected chi connectivity index (χ2v) is 6.53. The Morgan fingerprint density at radius 1 is 1.04 bits per heavy atom. The highest BCUT2D eigenvalue weighted by Crippen LogP contribution is 2.23. The maximum atomic E-state index is 13.0. The predicted molar refractivity (Wildman–Crippen MR) is 104 cm³/mol. The number of carbonyl (C=O) groups is 2. The number of benzene rings is 2. The van der Waals surface area contributed by atoms with E-state index in [4.69, 9.17) is 9.15 Å². The fourth-order valence-electron chi connectivity index (χ4n) is 2.68. The van der Waals surface area contributed by atoms with Crippen molar-refractivity contribution in [3.63, 3.8) is 0 Å². The van der Waals surface area contributed by atoms with Crippen LogP contribution in [0.4, 0.5) is 10.1 Å². The Kier molecular flexibility index (Phi) is 5.59. The first-order valence-electron chi connectivity index (χ1n) is 8.78. The van der Waals surface area contributed by atoms with Crippen LogP contribution in [-0.2, 0) is 9.53 Å². The van der Waals surface area contributed by atoms with E-state index >= 15 is 0 Å². The summed E-state index contributed by atoms with van der Waals surface area (Å²) in [5.41, 5.74) is 3.29. The Hall–Kier alpha value is -3.41. The smallest absolute Gasteiger partial charge is 0.375 e. The van der Waals surface area contributed by atoms with Crippen molar-refractivity contribution in [3.05, 3.63) is 77.3 Å². The van der Waals surface area contributed by atoms with Crippen LogP contribution in [0.2, 0.25) is 0 Å². The number of amides is 1. The molecule has 0 fully saturated rings. The second-order valence-electron chi connectivity index (χ2n) is 6.53. The standard InChI is InChI=1S/C22H20FNO4/c1-13-4-9-18(14(2)12-13)24-21(25)15(3)27-22(26)20-11-10-19(28-20)16-5-7-17(23)8-6-16/h4-12,15H,1-3H3,(H,24,25)/t15-/m1/s1. The van der Waals surface area contributed by atoms with Gasteiger partial charge in [-0.15, -0.1) is 0 Å². The van der Waals surface area contributed by atoms with E-state index in [1.807, 2.05) is 26.0 Å². The third-order valence-electron chi connectivity index (χ3n) is 4.23. The molecule has 6 heteroatoms. The molecule has 1 atom stereocenters. The van der Waals surface area contributed by atoms with E-state index in [1.165, 1.54) is 25.1 Å². The van der Waals surface area contributed by atoms with Gasteiger partial charge in [-0.1, -0.05) is 17.7 Å². The average Bonchev–Trinajstić information content (AvgIpc) is 3.14. The van der Waals surface area contributed by atoms with E-state index < -0.39 is 18.0 Å². The lowest BCUT2D eigenvalue weighted by molar-refractivity contribution is -0.123. The highest BCUT2D eigenvalue weighted by Gasteiger charge is 2.22. The van der Waals surface area contributed by atoms with Crippen molar-refractivity contribution in [1.82, 2.24) is 0 Å². The number of carbonyl (C=O) groups excluding carboxylic acids is 2. The monoisotopic (exact) mass is 381 g/mol. The largest absolute Gasteiger partial charge is 0.449 e. The number of ether oxygens (including phenoxy) is 1.